The number of imidazole rings is 1. The first-order valence-corrected chi connectivity index (χ1v) is 7.83. The van der Waals surface area contributed by atoms with Crippen molar-refractivity contribution in [3.8, 4) is 23.1 Å². The molecule has 0 radical (unpaired) electrons. The quantitative estimate of drug-likeness (QED) is 0.573. The van der Waals surface area contributed by atoms with E-state index < -0.39 is 0 Å². The van der Waals surface area contributed by atoms with Gasteiger partial charge in [-0.25, -0.2) is 15.0 Å². The molecule has 0 atom stereocenters. The standard InChI is InChI=1S/C18H17N5O2/c1-10-16-11(2)21-17(12-5-7-14(24-3)19-9-12)23(16)18-13(20-10)6-8-15(22-18)25-4/h5-9H,1-4H3. The molecule has 0 saturated carbocycles. The minimum atomic E-state index is 0.532. The Morgan fingerprint density at radius 3 is 2.24 bits per heavy atom. The van der Waals surface area contributed by atoms with Crippen LogP contribution in [0.15, 0.2) is 30.5 Å². The van der Waals surface area contributed by atoms with Crippen molar-refractivity contribution in [3.63, 3.8) is 0 Å². The van der Waals surface area contributed by atoms with E-state index in [4.69, 9.17) is 14.5 Å². The first kappa shape index (κ1) is 15.3. The zero-order chi connectivity index (χ0) is 17.6. The number of aromatic nitrogens is 5. The van der Waals surface area contributed by atoms with Gasteiger partial charge in [-0.15, -0.1) is 0 Å². The summed E-state index contributed by atoms with van der Waals surface area (Å²) in [5.74, 6) is 1.85. The second-order valence-electron chi connectivity index (χ2n) is 5.69. The average molecular weight is 335 g/mol. The Hall–Kier alpha value is -3.22. The van der Waals surface area contributed by atoms with Crippen molar-refractivity contribution < 1.29 is 9.47 Å². The Balaban J connectivity index is 2.10. The van der Waals surface area contributed by atoms with Crippen molar-refractivity contribution in [3.05, 3.63) is 41.9 Å². The van der Waals surface area contributed by atoms with Gasteiger partial charge in [0.25, 0.3) is 0 Å². The number of aryl methyl sites for hydroxylation is 2. The Morgan fingerprint density at radius 1 is 0.840 bits per heavy atom. The van der Waals surface area contributed by atoms with Crippen molar-refractivity contribution in [1.82, 2.24) is 24.3 Å². The summed E-state index contributed by atoms with van der Waals surface area (Å²) in [7, 11) is 3.19. The van der Waals surface area contributed by atoms with E-state index >= 15 is 0 Å². The van der Waals surface area contributed by atoms with Gasteiger partial charge in [0.2, 0.25) is 11.8 Å². The molecule has 0 unspecified atom stereocenters. The van der Waals surface area contributed by atoms with Crippen LogP contribution in [0.1, 0.15) is 11.4 Å². The highest BCUT2D eigenvalue weighted by molar-refractivity contribution is 5.81. The lowest BCUT2D eigenvalue weighted by Gasteiger charge is -2.09. The average Bonchev–Trinajstić information content (AvgIpc) is 3.00. The molecule has 0 spiro atoms. The fourth-order valence-corrected chi connectivity index (χ4v) is 3.01. The lowest BCUT2D eigenvalue weighted by Crippen LogP contribution is -2.01. The van der Waals surface area contributed by atoms with E-state index in [0.29, 0.717) is 17.4 Å². The maximum absolute atomic E-state index is 5.28. The number of fused-ring (bicyclic) bond motifs is 3. The molecule has 4 heterocycles. The van der Waals surface area contributed by atoms with Crippen LogP contribution in [0.3, 0.4) is 0 Å². The molecule has 7 nitrogen and oxygen atoms in total. The molecule has 0 aromatic carbocycles. The van der Waals surface area contributed by atoms with Gasteiger partial charge >= 0.3 is 0 Å². The minimum Gasteiger partial charge on any atom is -0.481 e. The molecule has 7 heteroatoms. The highest BCUT2D eigenvalue weighted by Crippen LogP contribution is 2.28. The maximum Gasteiger partial charge on any atom is 0.215 e. The van der Waals surface area contributed by atoms with Crippen LogP contribution in [0.4, 0.5) is 0 Å². The number of pyridine rings is 2. The van der Waals surface area contributed by atoms with E-state index in [1.165, 1.54) is 0 Å². The van der Waals surface area contributed by atoms with Crippen LogP contribution in [0, 0.1) is 13.8 Å². The molecule has 0 saturated heterocycles. The molecule has 0 fully saturated rings. The molecule has 0 bridgehead atoms. The first-order chi connectivity index (χ1) is 12.1. The van der Waals surface area contributed by atoms with Gasteiger partial charge in [0.05, 0.1) is 31.1 Å². The van der Waals surface area contributed by atoms with Gasteiger partial charge in [0.1, 0.15) is 11.3 Å². The van der Waals surface area contributed by atoms with Crippen LogP contribution < -0.4 is 9.47 Å². The predicted octanol–water partition coefficient (Wildman–Crippen LogP) is 2.97. The Labute approximate surface area is 144 Å². The van der Waals surface area contributed by atoms with Crippen molar-refractivity contribution in [1.29, 1.82) is 0 Å². The van der Waals surface area contributed by atoms with Crippen molar-refractivity contribution in [2.75, 3.05) is 14.2 Å². The lowest BCUT2D eigenvalue weighted by molar-refractivity contribution is 0.398. The van der Waals surface area contributed by atoms with Gasteiger partial charge in [0, 0.05) is 23.9 Å². The van der Waals surface area contributed by atoms with Crippen molar-refractivity contribution in [2.45, 2.75) is 13.8 Å². The van der Waals surface area contributed by atoms with Crippen LogP contribution in [-0.4, -0.2) is 38.6 Å². The summed E-state index contributed by atoms with van der Waals surface area (Å²) in [5.41, 5.74) is 5.09. The van der Waals surface area contributed by atoms with E-state index in [-0.39, 0.29) is 0 Å². The SMILES string of the molecule is COc1ccc(-c2nc(C)c3c(C)nc4ccc(OC)nc4n23)cn1. The summed E-state index contributed by atoms with van der Waals surface area (Å²) in [4.78, 5) is 18.3. The highest BCUT2D eigenvalue weighted by Gasteiger charge is 2.17. The third-order valence-corrected chi connectivity index (χ3v) is 4.14. The first-order valence-electron chi connectivity index (χ1n) is 7.83. The second kappa shape index (κ2) is 5.70. The molecular formula is C18H17N5O2. The third kappa shape index (κ3) is 2.36. The monoisotopic (exact) mass is 335 g/mol. The zero-order valence-corrected chi connectivity index (χ0v) is 14.4. The number of methoxy groups -OCH3 is 2. The van der Waals surface area contributed by atoms with E-state index in [1.54, 1.807) is 26.5 Å². The molecule has 0 amide bonds. The van der Waals surface area contributed by atoms with Gasteiger partial charge in [-0.2, -0.15) is 4.98 Å². The van der Waals surface area contributed by atoms with Gasteiger partial charge < -0.3 is 9.47 Å². The summed E-state index contributed by atoms with van der Waals surface area (Å²) >= 11 is 0. The summed E-state index contributed by atoms with van der Waals surface area (Å²) in [6.45, 7) is 3.94. The van der Waals surface area contributed by atoms with Crippen LogP contribution in [0.5, 0.6) is 11.8 Å². The largest absolute Gasteiger partial charge is 0.481 e. The fourth-order valence-electron chi connectivity index (χ4n) is 3.01. The van der Waals surface area contributed by atoms with E-state index in [1.807, 2.05) is 36.4 Å². The van der Waals surface area contributed by atoms with Crippen molar-refractivity contribution >= 4 is 16.7 Å². The van der Waals surface area contributed by atoms with Gasteiger partial charge in [-0.3, -0.25) is 4.40 Å². The van der Waals surface area contributed by atoms with Crippen LogP contribution in [0.25, 0.3) is 28.1 Å². The maximum atomic E-state index is 5.28. The Bertz CT molecular complexity index is 1090. The number of ether oxygens (including phenoxy) is 2. The molecule has 0 aliphatic carbocycles. The summed E-state index contributed by atoms with van der Waals surface area (Å²) < 4.78 is 12.4. The lowest BCUT2D eigenvalue weighted by atomic mass is 10.2. The predicted molar refractivity (Wildman–Crippen MR) is 94.1 cm³/mol. The molecular weight excluding hydrogens is 318 g/mol. The zero-order valence-electron chi connectivity index (χ0n) is 14.4. The minimum absolute atomic E-state index is 0.532. The molecule has 25 heavy (non-hydrogen) atoms. The highest BCUT2D eigenvalue weighted by atomic mass is 16.5. The molecule has 4 aromatic rings. The normalized spacial score (nSPS) is 11.2. The van der Waals surface area contributed by atoms with Crippen LogP contribution in [-0.2, 0) is 0 Å². The van der Waals surface area contributed by atoms with Gasteiger partial charge in [-0.1, -0.05) is 0 Å². The molecule has 4 aromatic heterocycles. The summed E-state index contributed by atoms with van der Waals surface area (Å²) in [6.07, 6.45) is 1.74. The number of hydrogen-bond acceptors (Lipinski definition) is 6. The van der Waals surface area contributed by atoms with E-state index in [9.17, 15) is 0 Å². The fraction of sp³-hybridized carbons (Fsp3) is 0.222. The molecule has 0 N–H and O–H groups in total. The topological polar surface area (TPSA) is 74.4 Å². The second-order valence-corrected chi connectivity index (χ2v) is 5.69. The Kier molecular flexibility index (Phi) is 3.49. The number of rotatable bonds is 3. The van der Waals surface area contributed by atoms with Gasteiger partial charge in [0.15, 0.2) is 5.65 Å². The smallest absolute Gasteiger partial charge is 0.215 e. The van der Waals surface area contributed by atoms with E-state index in [2.05, 4.69) is 15.0 Å². The number of hydrogen-bond donors (Lipinski definition) is 0. The molecule has 126 valence electrons. The van der Waals surface area contributed by atoms with Crippen LogP contribution in [0.2, 0.25) is 0 Å². The third-order valence-electron chi connectivity index (χ3n) is 4.14. The number of nitrogens with zero attached hydrogens (tertiary/aromatic N) is 5. The Morgan fingerprint density at radius 2 is 1.56 bits per heavy atom. The molecule has 0 aliphatic heterocycles. The van der Waals surface area contributed by atoms with Crippen molar-refractivity contribution in [2.24, 2.45) is 0 Å². The molecule has 4 rings (SSSR count). The summed E-state index contributed by atoms with van der Waals surface area (Å²) in [6, 6.07) is 7.45. The van der Waals surface area contributed by atoms with E-state index in [0.717, 1.165) is 33.8 Å². The molecule has 0 aliphatic rings. The summed E-state index contributed by atoms with van der Waals surface area (Å²) in [5, 5.41) is 0. The van der Waals surface area contributed by atoms with Gasteiger partial charge in [-0.05, 0) is 26.0 Å². The van der Waals surface area contributed by atoms with Crippen LogP contribution >= 0.6 is 0 Å².